The average molecular weight is 335 g/mol. The molecule has 0 radical (unpaired) electrons. The second kappa shape index (κ2) is 6.06. The molecule has 1 unspecified atom stereocenters. The van der Waals surface area contributed by atoms with Crippen molar-refractivity contribution >= 4 is 29.6 Å². The van der Waals surface area contributed by atoms with Crippen LogP contribution in [0.4, 0.5) is 0 Å². The molecule has 3 rings (SSSR count). The van der Waals surface area contributed by atoms with Gasteiger partial charge in [-0.3, -0.25) is 34.2 Å². The smallest absolute Gasteiger partial charge is 0.306 e. The summed E-state index contributed by atoms with van der Waals surface area (Å²) in [5.74, 6) is -3.51. The maximum absolute atomic E-state index is 12.6. The fourth-order valence-corrected chi connectivity index (χ4v) is 3.29. The van der Waals surface area contributed by atoms with Crippen molar-refractivity contribution in [1.29, 1.82) is 0 Å². The summed E-state index contributed by atoms with van der Waals surface area (Å²) in [5, 5.41) is 11.1. The molecule has 0 bridgehead atoms. The molecule has 128 valence electrons. The third-order valence-corrected chi connectivity index (χ3v) is 4.64. The van der Waals surface area contributed by atoms with Crippen molar-refractivity contribution in [3.63, 3.8) is 0 Å². The Labute approximate surface area is 137 Å². The quantitative estimate of drug-likeness (QED) is 0.623. The molecule has 24 heavy (non-hydrogen) atoms. The van der Waals surface area contributed by atoms with Crippen LogP contribution in [0.3, 0.4) is 0 Å². The van der Waals surface area contributed by atoms with Crippen LogP contribution in [0.5, 0.6) is 0 Å². The molecular weight excluding hydrogens is 318 g/mol. The molecular formula is C15H17N3O6. The minimum absolute atomic E-state index is 0.0762. The molecule has 3 aliphatic rings. The Morgan fingerprint density at radius 3 is 2.38 bits per heavy atom. The number of carbonyl (C=O) groups is 5. The monoisotopic (exact) mass is 335 g/mol. The molecule has 4 amide bonds. The van der Waals surface area contributed by atoms with Crippen molar-refractivity contribution in [3.8, 4) is 0 Å². The van der Waals surface area contributed by atoms with Gasteiger partial charge < -0.3 is 10.0 Å². The lowest BCUT2D eigenvalue weighted by molar-refractivity contribution is -0.150. The van der Waals surface area contributed by atoms with Gasteiger partial charge in [-0.15, -0.1) is 0 Å². The number of hydrogen-bond acceptors (Lipinski definition) is 6. The van der Waals surface area contributed by atoms with E-state index in [0.29, 0.717) is 25.9 Å². The number of likely N-dealkylation sites (tertiary alicyclic amines) is 1. The Bertz CT molecular complexity index is 662. The van der Waals surface area contributed by atoms with Crippen LogP contribution in [0.2, 0.25) is 0 Å². The highest BCUT2D eigenvalue weighted by Gasteiger charge is 2.44. The Balaban J connectivity index is 1.70. The van der Waals surface area contributed by atoms with Crippen LogP contribution < -0.4 is 5.32 Å². The van der Waals surface area contributed by atoms with Gasteiger partial charge in [0.05, 0.1) is 5.92 Å². The maximum Gasteiger partial charge on any atom is 0.306 e. The molecule has 3 heterocycles. The summed E-state index contributed by atoms with van der Waals surface area (Å²) >= 11 is 0. The van der Waals surface area contributed by atoms with E-state index in [9.17, 15) is 24.0 Å². The van der Waals surface area contributed by atoms with Gasteiger partial charge >= 0.3 is 5.97 Å². The van der Waals surface area contributed by atoms with E-state index in [0.717, 1.165) is 4.90 Å². The number of carboxylic acids is 1. The molecule has 0 saturated carbocycles. The van der Waals surface area contributed by atoms with Crippen molar-refractivity contribution in [2.75, 3.05) is 13.1 Å². The van der Waals surface area contributed by atoms with Crippen LogP contribution in [0.1, 0.15) is 25.7 Å². The number of carboxylic acid groups (broad SMARTS) is 1. The summed E-state index contributed by atoms with van der Waals surface area (Å²) in [7, 11) is 0. The first-order chi connectivity index (χ1) is 11.4. The lowest BCUT2D eigenvalue weighted by Gasteiger charge is -2.33. The predicted octanol–water partition coefficient (Wildman–Crippen LogP) is -1.16. The molecule has 2 fully saturated rings. The molecule has 0 aliphatic carbocycles. The molecule has 0 aromatic rings. The van der Waals surface area contributed by atoms with E-state index in [2.05, 4.69) is 5.32 Å². The van der Waals surface area contributed by atoms with Gasteiger partial charge in [-0.1, -0.05) is 0 Å². The van der Waals surface area contributed by atoms with Crippen LogP contribution in [0.25, 0.3) is 0 Å². The zero-order valence-electron chi connectivity index (χ0n) is 12.9. The van der Waals surface area contributed by atoms with Crippen LogP contribution in [-0.2, 0) is 24.0 Å². The van der Waals surface area contributed by atoms with E-state index in [1.54, 1.807) is 4.90 Å². The van der Waals surface area contributed by atoms with E-state index in [4.69, 9.17) is 5.11 Å². The summed E-state index contributed by atoms with van der Waals surface area (Å²) in [6.45, 7) is 0.732. The lowest BCUT2D eigenvalue weighted by atomic mass is 9.97. The standard InChI is InChI=1S/C15H17N3O6/c19-11-2-1-9(13(21)16-11)18-12(20)7-10(14(18)22)17-5-3-8(4-6-17)15(23)24/h7-9H,1-6H2,(H,23,24)(H,16,19,21). The van der Waals surface area contributed by atoms with E-state index in [1.807, 2.05) is 0 Å². The van der Waals surface area contributed by atoms with Gasteiger partial charge in [0.25, 0.3) is 11.8 Å². The van der Waals surface area contributed by atoms with Crippen LogP contribution in [-0.4, -0.2) is 63.6 Å². The highest BCUT2D eigenvalue weighted by Crippen LogP contribution is 2.27. The summed E-state index contributed by atoms with van der Waals surface area (Å²) < 4.78 is 0. The van der Waals surface area contributed by atoms with Crippen molar-refractivity contribution in [2.45, 2.75) is 31.7 Å². The molecule has 9 nitrogen and oxygen atoms in total. The van der Waals surface area contributed by atoms with Crippen LogP contribution in [0.15, 0.2) is 11.8 Å². The summed E-state index contributed by atoms with van der Waals surface area (Å²) in [6.07, 6.45) is 2.17. The van der Waals surface area contributed by atoms with Crippen LogP contribution >= 0.6 is 0 Å². The number of aliphatic carboxylic acids is 1. The molecule has 2 saturated heterocycles. The zero-order chi connectivity index (χ0) is 17.4. The Morgan fingerprint density at radius 1 is 1.12 bits per heavy atom. The highest BCUT2D eigenvalue weighted by atomic mass is 16.4. The second-order valence-corrected chi connectivity index (χ2v) is 6.11. The van der Waals surface area contributed by atoms with Gasteiger partial charge in [0, 0.05) is 25.6 Å². The largest absolute Gasteiger partial charge is 0.481 e. The SMILES string of the molecule is O=C1CCC(N2C(=O)C=C(N3CCC(C(=O)O)CC3)C2=O)C(=O)N1. The van der Waals surface area contributed by atoms with E-state index < -0.39 is 41.6 Å². The maximum atomic E-state index is 12.6. The first-order valence-corrected chi connectivity index (χ1v) is 7.79. The average Bonchev–Trinajstić information content (AvgIpc) is 2.83. The van der Waals surface area contributed by atoms with Gasteiger partial charge in [0.2, 0.25) is 11.8 Å². The first kappa shape index (κ1) is 16.2. The van der Waals surface area contributed by atoms with Gasteiger partial charge in [-0.05, 0) is 19.3 Å². The minimum atomic E-state index is -0.979. The number of piperidine rings is 2. The van der Waals surface area contributed by atoms with Gasteiger partial charge in [0.15, 0.2) is 0 Å². The van der Waals surface area contributed by atoms with E-state index in [-0.39, 0.29) is 18.5 Å². The number of rotatable bonds is 3. The summed E-state index contributed by atoms with van der Waals surface area (Å²) in [6, 6.07) is -0.979. The molecule has 9 heteroatoms. The normalized spacial score (nSPS) is 25.8. The number of amides is 4. The van der Waals surface area contributed by atoms with Gasteiger partial charge in [0.1, 0.15) is 11.7 Å². The molecule has 3 aliphatic heterocycles. The molecule has 0 aromatic heterocycles. The summed E-state index contributed by atoms with van der Waals surface area (Å²) in [5.41, 5.74) is 0.188. The molecule has 0 aromatic carbocycles. The fraction of sp³-hybridized carbons (Fsp3) is 0.533. The fourth-order valence-electron chi connectivity index (χ4n) is 3.29. The third kappa shape index (κ3) is 2.77. The third-order valence-electron chi connectivity index (χ3n) is 4.64. The Morgan fingerprint density at radius 2 is 1.79 bits per heavy atom. The topological polar surface area (TPSA) is 124 Å². The Hall–Kier alpha value is -2.71. The van der Waals surface area contributed by atoms with E-state index >= 15 is 0 Å². The highest BCUT2D eigenvalue weighted by molar-refractivity contribution is 6.18. The van der Waals surface area contributed by atoms with Crippen molar-refractivity contribution < 1.29 is 29.1 Å². The zero-order valence-corrected chi connectivity index (χ0v) is 12.9. The van der Waals surface area contributed by atoms with Crippen molar-refractivity contribution in [1.82, 2.24) is 15.1 Å². The predicted molar refractivity (Wildman–Crippen MR) is 78.0 cm³/mol. The minimum Gasteiger partial charge on any atom is -0.481 e. The number of hydrogen-bond donors (Lipinski definition) is 2. The van der Waals surface area contributed by atoms with Gasteiger partial charge in [-0.25, -0.2) is 0 Å². The molecule has 1 atom stereocenters. The number of nitrogens with zero attached hydrogens (tertiary/aromatic N) is 2. The van der Waals surface area contributed by atoms with Crippen LogP contribution in [0, 0.1) is 5.92 Å². The first-order valence-electron chi connectivity index (χ1n) is 7.79. The van der Waals surface area contributed by atoms with Gasteiger partial charge in [-0.2, -0.15) is 0 Å². The molecule has 0 spiro atoms. The second-order valence-electron chi connectivity index (χ2n) is 6.11. The van der Waals surface area contributed by atoms with Crippen molar-refractivity contribution in [2.24, 2.45) is 5.92 Å². The van der Waals surface area contributed by atoms with E-state index in [1.165, 1.54) is 6.08 Å². The molecule has 2 N–H and O–H groups in total. The number of imide groups is 2. The van der Waals surface area contributed by atoms with Crippen molar-refractivity contribution in [3.05, 3.63) is 11.8 Å². The number of nitrogens with one attached hydrogen (secondary N) is 1. The summed E-state index contributed by atoms with van der Waals surface area (Å²) in [4.78, 5) is 61.4. The number of carbonyl (C=O) groups excluding carboxylic acids is 4. The Kier molecular flexibility index (Phi) is 4.08. The lowest BCUT2D eigenvalue weighted by Crippen LogP contribution is -2.55.